The van der Waals surface area contributed by atoms with Gasteiger partial charge in [0.1, 0.15) is 11.6 Å². The number of rotatable bonds is 5. The molecule has 0 aromatic rings. The number of nitrogens with one attached hydrogen (secondary N) is 1. The van der Waals surface area contributed by atoms with Gasteiger partial charge >= 0.3 is 0 Å². The molecule has 1 aliphatic heterocycles. The predicted molar refractivity (Wildman–Crippen MR) is 76.8 cm³/mol. The Kier molecular flexibility index (Phi) is 4.64. The van der Waals surface area contributed by atoms with Gasteiger partial charge in [-0.15, -0.1) is 0 Å². The Hall–Kier alpha value is -1.06. The minimum absolute atomic E-state index is 0.0179. The Morgan fingerprint density at radius 1 is 1.26 bits per heavy atom. The van der Waals surface area contributed by atoms with Crippen LogP contribution in [0.2, 0.25) is 0 Å². The largest absolute Gasteiger partial charge is 0.340 e. The van der Waals surface area contributed by atoms with Crippen LogP contribution in [0, 0.1) is 0 Å². The number of carbonyl (C=O) groups excluding carboxylic acids is 2. The van der Waals surface area contributed by atoms with Crippen molar-refractivity contribution >= 4 is 11.8 Å². The van der Waals surface area contributed by atoms with Crippen LogP contribution >= 0.6 is 0 Å². The first kappa shape index (κ1) is 16.0. The molecule has 0 bridgehead atoms. The molecule has 19 heavy (non-hydrogen) atoms. The lowest BCUT2D eigenvalue weighted by atomic mass is 9.85. The summed E-state index contributed by atoms with van der Waals surface area (Å²) >= 11 is 0. The van der Waals surface area contributed by atoms with Crippen LogP contribution in [-0.2, 0) is 9.59 Å². The normalized spacial score (nSPS) is 28.5. The van der Waals surface area contributed by atoms with Gasteiger partial charge in [-0.2, -0.15) is 0 Å². The lowest BCUT2D eigenvalue weighted by Gasteiger charge is -2.51. The van der Waals surface area contributed by atoms with E-state index in [-0.39, 0.29) is 23.4 Å². The highest BCUT2D eigenvalue weighted by atomic mass is 16.2. The van der Waals surface area contributed by atoms with Crippen molar-refractivity contribution in [3.05, 3.63) is 0 Å². The molecule has 1 aliphatic rings. The summed E-state index contributed by atoms with van der Waals surface area (Å²) in [6, 6.07) is -0.339. The van der Waals surface area contributed by atoms with Gasteiger partial charge < -0.3 is 10.2 Å². The molecule has 4 heteroatoms. The van der Waals surface area contributed by atoms with Gasteiger partial charge in [-0.05, 0) is 40.0 Å². The van der Waals surface area contributed by atoms with Crippen LogP contribution in [0.3, 0.4) is 0 Å². The fourth-order valence-corrected chi connectivity index (χ4v) is 2.97. The highest BCUT2D eigenvalue weighted by molar-refractivity contribution is 5.99. The maximum absolute atomic E-state index is 12.8. The molecular formula is C15H28N2O2. The lowest BCUT2D eigenvalue weighted by Crippen LogP contribution is -2.72. The summed E-state index contributed by atoms with van der Waals surface area (Å²) in [6.07, 6.45) is 3.18. The Bertz CT molecular complexity index is 365. The van der Waals surface area contributed by atoms with Crippen molar-refractivity contribution in [3.8, 4) is 0 Å². The lowest BCUT2D eigenvalue weighted by molar-refractivity contribution is -0.161. The number of hydrogen-bond acceptors (Lipinski definition) is 2. The van der Waals surface area contributed by atoms with E-state index >= 15 is 0 Å². The summed E-state index contributed by atoms with van der Waals surface area (Å²) < 4.78 is 0. The van der Waals surface area contributed by atoms with Gasteiger partial charge in [0, 0.05) is 5.54 Å². The van der Waals surface area contributed by atoms with E-state index in [1.54, 1.807) is 0 Å². The van der Waals surface area contributed by atoms with Gasteiger partial charge in [-0.1, -0.05) is 27.2 Å². The molecule has 0 aromatic heterocycles. The monoisotopic (exact) mass is 268 g/mol. The SMILES string of the molecule is CCCC(C)(C)N1C(=O)C(C)(CC)NC(=O)C1CC. The molecule has 1 N–H and O–H groups in total. The summed E-state index contributed by atoms with van der Waals surface area (Å²) in [5.41, 5.74) is -1.03. The zero-order valence-electron chi connectivity index (χ0n) is 13.2. The highest BCUT2D eigenvalue weighted by Gasteiger charge is 2.50. The minimum Gasteiger partial charge on any atom is -0.340 e. The van der Waals surface area contributed by atoms with E-state index in [1.165, 1.54) is 0 Å². The van der Waals surface area contributed by atoms with E-state index in [0.29, 0.717) is 12.8 Å². The molecule has 0 saturated carbocycles. The summed E-state index contributed by atoms with van der Waals surface area (Å²) in [5.74, 6) is 0.0375. The zero-order chi connectivity index (χ0) is 14.8. The van der Waals surface area contributed by atoms with E-state index < -0.39 is 5.54 Å². The highest BCUT2D eigenvalue weighted by Crippen LogP contribution is 2.32. The first-order valence-corrected chi connectivity index (χ1v) is 7.39. The Labute approximate surface area is 116 Å². The van der Waals surface area contributed by atoms with Gasteiger partial charge in [-0.3, -0.25) is 9.59 Å². The first-order valence-electron chi connectivity index (χ1n) is 7.39. The third kappa shape index (κ3) is 2.77. The van der Waals surface area contributed by atoms with Gasteiger partial charge in [0.25, 0.3) is 0 Å². The number of amides is 2. The van der Waals surface area contributed by atoms with Crippen molar-refractivity contribution in [2.75, 3.05) is 0 Å². The van der Waals surface area contributed by atoms with E-state index in [4.69, 9.17) is 0 Å². The standard InChI is InChI=1S/C15H28N2O2/c1-7-10-14(4,5)17-11(8-2)12(18)16-15(6,9-3)13(17)19/h11H,7-10H2,1-6H3,(H,16,18). The van der Waals surface area contributed by atoms with Crippen molar-refractivity contribution < 1.29 is 9.59 Å². The Morgan fingerprint density at radius 3 is 2.26 bits per heavy atom. The second-order valence-electron chi connectivity index (χ2n) is 6.34. The van der Waals surface area contributed by atoms with Crippen LogP contribution in [0.1, 0.15) is 67.2 Å². The van der Waals surface area contributed by atoms with Crippen LogP contribution in [0.25, 0.3) is 0 Å². The summed E-state index contributed by atoms with van der Waals surface area (Å²) in [5, 5.41) is 2.91. The van der Waals surface area contributed by atoms with E-state index in [0.717, 1.165) is 12.8 Å². The summed E-state index contributed by atoms with van der Waals surface area (Å²) in [7, 11) is 0. The quantitative estimate of drug-likeness (QED) is 0.832. The number of hydrogen-bond donors (Lipinski definition) is 1. The Morgan fingerprint density at radius 2 is 1.84 bits per heavy atom. The predicted octanol–water partition coefficient (Wildman–Crippen LogP) is 2.47. The molecule has 0 radical (unpaired) electrons. The smallest absolute Gasteiger partial charge is 0.249 e. The molecule has 1 saturated heterocycles. The first-order chi connectivity index (χ1) is 8.73. The van der Waals surface area contributed by atoms with Gasteiger partial charge in [-0.25, -0.2) is 0 Å². The molecule has 0 aromatic carbocycles. The van der Waals surface area contributed by atoms with Gasteiger partial charge in [0.15, 0.2) is 0 Å². The molecule has 1 rings (SSSR count). The van der Waals surface area contributed by atoms with E-state index in [2.05, 4.69) is 26.1 Å². The third-order valence-electron chi connectivity index (χ3n) is 4.31. The van der Waals surface area contributed by atoms with Crippen LogP contribution in [0.15, 0.2) is 0 Å². The number of carbonyl (C=O) groups is 2. The van der Waals surface area contributed by atoms with Crippen molar-refractivity contribution in [1.29, 1.82) is 0 Å². The molecule has 2 amide bonds. The zero-order valence-corrected chi connectivity index (χ0v) is 13.2. The maximum atomic E-state index is 12.8. The Balaban J connectivity index is 3.20. The molecule has 0 spiro atoms. The van der Waals surface area contributed by atoms with Crippen molar-refractivity contribution in [1.82, 2.24) is 10.2 Å². The summed E-state index contributed by atoms with van der Waals surface area (Å²) in [6.45, 7) is 12.0. The van der Waals surface area contributed by atoms with Crippen LogP contribution in [-0.4, -0.2) is 33.8 Å². The topological polar surface area (TPSA) is 49.4 Å². The molecule has 4 nitrogen and oxygen atoms in total. The molecule has 2 unspecified atom stereocenters. The van der Waals surface area contributed by atoms with Crippen LogP contribution in [0.4, 0.5) is 0 Å². The van der Waals surface area contributed by atoms with E-state index in [1.807, 2.05) is 25.7 Å². The molecule has 0 aliphatic carbocycles. The second kappa shape index (κ2) is 5.51. The third-order valence-corrected chi connectivity index (χ3v) is 4.31. The van der Waals surface area contributed by atoms with E-state index in [9.17, 15) is 9.59 Å². The molecule has 1 fully saturated rings. The van der Waals surface area contributed by atoms with Crippen molar-refractivity contribution in [2.45, 2.75) is 84.3 Å². The van der Waals surface area contributed by atoms with Crippen LogP contribution in [0.5, 0.6) is 0 Å². The van der Waals surface area contributed by atoms with Gasteiger partial charge in [0.05, 0.1) is 0 Å². The minimum atomic E-state index is -0.756. The summed E-state index contributed by atoms with van der Waals surface area (Å²) in [4.78, 5) is 27.0. The van der Waals surface area contributed by atoms with Crippen molar-refractivity contribution in [2.24, 2.45) is 0 Å². The molecule has 2 atom stereocenters. The van der Waals surface area contributed by atoms with Gasteiger partial charge in [0.2, 0.25) is 11.8 Å². The van der Waals surface area contributed by atoms with Crippen molar-refractivity contribution in [3.63, 3.8) is 0 Å². The average molecular weight is 268 g/mol. The van der Waals surface area contributed by atoms with Crippen LogP contribution < -0.4 is 5.32 Å². The average Bonchev–Trinajstić information content (AvgIpc) is 2.32. The molecule has 110 valence electrons. The fraction of sp³-hybridized carbons (Fsp3) is 0.867. The number of piperazine rings is 1. The molecular weight excluding hydrogens is 240 g/mol. The fourth-order valence-electron chi connectivity index (χ4n) is 2.97. The number of nitrogens with zero attached hydrogens (tertiary/aromatic N) is 1. The second-order valence-corrected chi connectivity index (χ2v) is 6.34. The molecule has 1 heterocycles. The maximum Gasteiger partial charge on any atom is 0.249 e.